The van der Waals surface area contributed by atoms with E-state index in [1.807, 2.05) is 0 Å². The van der Waals surface area contributed by atoms with Crippen LogP contribution in [0.4, 0.5) is 5.69 Å². The summed E-state index contributed by atoms with van der Waals surface area (Å²) in [5, 5.41) is 6.00. The fourth-order valence-corrected chi connectivity index (χ4v) is 3.66. The Morgan fingerprint density at radius 1 is 1.32 bits per heavy atom. The van der Waals surface area contributed by atoms with Gasteiger partial charge in [-0.15, -0.1) is 0 Å². The highest BCUT2D eigenvalue weighted by Gasteiger charge is 2.23. The Morgan fingerprint density at radius 2 is 2.11 bits per heavy atom. The Hall–Kier alpha value is -3.17. The second-order valence-electron chi connectivity index (χ2n) is 5.79. The van der Waals surface area contributed by atoms with E-state index in [1.165, 1.54) is 6.20 Å². The van der Waals surface area contributed by atoms with Gasteiger partial charge in [0.15, 0.2) is 5.58 Å². The summed E-state index contributed by atoms with van der Waals surface area (Å²) in [6, 6.07) is 8.69. The molecule has 2 amide bonds. The fraction of sp³-hybridized carbons (Fsp3) is 0.0526. The van der Waals surface area contributed by atoms with Crippen LogP contribution in [0.2, 0.25) is 0 Å². The number of methoxy groups -OCH3 is 1. The molecule has 140 valence electrons. The number of carbonyl (C=O) groups is 2. The van der Waals surface area contributed by atoms with Crippen molar-refractivity contribution in [1.29, 1.82) is 0 Å². The number of rotatable bonds is 4. The van der Waals surface area contributed by atoms with E-state index < -0.39 is 0 Å². The third-order valence-corrected chi connectivity index (χ3v) is 5.11. The van der Waals surface area contributed by atoms with Gasteiger partial charge in [-0.05, 0) is 30.3 Å². The summed E-state index contributed by atoms with van der Waals surface area (Å²) in [5.41, 5.74) is 1.29. The molecular formula is C19H13N3O4S2. The van der Waals surface area contributed by atoms with Gasteiger partial charge in [-0.2, -0.15) is 0 Å². The first-order valence-electron chi connectivity index (χ1n) is 8.11. The van der Waals surface area contributed by atoms with E-state index in [4.69, 9.17) is 21.4 Å². The SMILES string of the molecule is COc1ccc(NC(=O)c2cncc3cc(C=C4SC(=S)NC4=O)oc23)cc1. The summed E-state index contributed by atoms with van der Waals surface area (Å²) in [6.45, 7) is 0. The van der Waals surface area contributed by atoms with Crippen molar-refractivity contribution in [2.45, 2.75) is 0 Å². The Bertz CT molecular complexity index is 1140. The molecule has 2 N–H and O–H groups in total. The summed E-state index contributed by atoms with van der Waals surface area (Å²) < 4.78 is 11.3. The van der Waals surface area contributed by atoms with Crippen LogP contribution >= 0.6 is 24.0 Å². The molecule has 9 heteroatoms. The molecule has 1 aromatic carbocycles. The number of nitrogens with zero attached hydrogens (tertiary/aromatic N) is 1. The van der Waals surface area contributed by atoms with Gasteiger partial charge in [0, 0.05) is 29.5 Å². The molecule has 1 fully saturated rings. The second-order valence-corrected chi connectivity index (χ2v) is 7.51. The summed E-state index contributed by atoms with van der Waals surface area (Å²) in [5.74, 6) is 0.500. The van der Waals surface area contributed by atoms with Crippen LogP contribution in [0.1, 0.15) is 16.1 Å². The lowest BCUT2D eigenvalue weighted by molar-refractivity contribution is -0.115. The van der Waals surface area contributed by atoms with Gasteiger partial charge in [-0.3, -0.25) is 14.6 Å². The molecule has 0 bridgehead atoms. The highest BCUT2D eigenvalue weighted by molar-refractivity contribution is 8.26. The summed E-state index contributed by atoms with van der Waals surface area (Å²) in [6.07, 6.45) is 4.62. The molecule has 0 unspecified atom stereocenters. The van der Waals surface area contributed by atoms with Crippen molar-refractivity contribution in [3.63, 3.8) is 0 Å². The number of carbonyl (C=O) groups excluding carboxylic acids is 2. The number of anilines is 1. The molecule has 0 spiro atoms. The molecule has 0 saturated carbocycles. The van der Waals surface area contributed by atoms with Crippen LogP contribution in [-0.2, 0) is 4.79 Å². The Morgan fingerprint density at radius 3 is 2.79 bits per heavy atom. The maximum absolute atomic E-state index is 12.7. The molecule has 1 saturated heterocycles. The zero-order chi connectivity index (χ0) is 19.7. The maximum atomic E-state index is 12.7. The number of thioether (sulfide) groups is 1. The monoisotopic (exact) mass is 411 g/mol. The van der Waals surface area contributed by atoms with Gasteiger partial charge < -0.3 is 19.8 Å². The van der Waals surface area contributed by atoms with Crippen molar-refractivity contribution in [3.8, 4) is 5.75 Å². The number of furan rings is 1. The average Bonchev–Trinajstić information content (AvgIpc) is 3.24. The minimum absolute atomic E-state index is 0.272. The number of fused-ring (bicyclic) bond motifs is 1. The molecule has 7 nitrogen and oxygen atoms in total. The van der Waals surface area contributed by atoms with Crippen LogP contribution < -0.4 is 15.4 Å². The lowest BCUT2D eigenvalue weighted by Crippen LogP contribution is -2.17. The molecule has 1 aliphatic rings. The van der Waals surface area contributed by atoms with Crippen LogP contribution in [0.3, 0.4) is 0 Å². The molecule has 0 aliphatic carbocycles. The molecule has 3 heterocycles. The van der Waals surface area contributed by atoms with E-state index in [-0.39, 0.29) is 17.4 Å². The van der Waals surface area contributed by atoms with E-state index in [2.05, 4.69) is 15.6 Å². The molecule has 28 heavy (non-hydrogen) atoms. The highest BCUT2D eigenvalue weighted by Crippen LogP contribution is 2.29. The summed E-state index contributed by atoms with van der Waals surface area (Å²) in [4.78, 5) is 29.0. The van der Waals surface area contributed by atoms with Crippen LogP contribution in [0.5, 0.6) is 5.75 Å². The molecule has 1 aliphatic heterocycles. The Balaban J connectivity index is 1.63. The summed E-state index contributed by atoms with van der Waals surface area (Å²) >= 11 is 6.14. The summed E-state index contributed by atoms with van der Waals surface area (Å²) in [7, 11) is 1.57. The van der Waals surface area contributed by atoms with Crippen molar-refractivity contribution in [3.05, 3.63) is 59.0 Å². The number of amides is 2. The molecule has 0 atom stereocenters. The molecule has 0 radical (unpaired) electrons. The minimum atomic E-state index is -0.356. The van der Waals surface area contributed by atoms with Gasteiger partial charge in [0.25, 0.3) is 11.8 Å². The van der Waals surface area contributed by atoms with E-state index in [9.17, 15) is 9.59 Å². The number of benzene rings is 1. The number of aromatic nitrogens is 1. The van der Waals surface area contributed by atoms with Crippen LogP contribution in [-0.4, -0.2) is 28.2 Å². The highest BCUT2D eigenvalue weighted by atomic mass is 32.2. The largest absolute Gasteiger partial charge is 0.497 e. The first-order valence-corrected chi connectivity index (χ1v) is 9.34. The van der Waals surface area contributed by atoms with Gasteiger partial charge in [-0.25, -0.2) is 0 Å². The normalized spacial score (nSPS) is 15.1. The van der Waals surface area contributed by atoms with E-state index in [0.717, 1.165) is 11.8 Å². The Labute approximate surface area is 169 Å². The third kappa shape index (κ3) is 3.62. The fourth-order valence-electron chi connectivity index (χ4n) is 2.64. The predicted molar refractivity (Wildman–Crippen MR) is 111 cm³/mol. The average molecular weight is 411 g/mol. The molecule has 2 aromatic heterocycles. The second kappa shape index (κ2) is 7.45. The number of nitrogens with one attached hydrogen (secondary N) is 2. The molecular weight excluding hydrogens is 398 g/mol. The van der Waals surface area contributed by atoms with Crippen molar-refractivity contribution in [2.75, 3.05) is 12.4 Å². The zero-order valence-corrected chi connectivity index (χ0v) is 16.1. The van der Waals surface area contributed by atoms with E-state index in [1.54, 1.807) is 49.7 Å². The van der Waals surface area contributed by atoms with Gasteiger partial charge in [0.1, 0.15) is 21.4 Å². The third-order valence-electron chi connectivity index (χ3n) is 3.95. The first kappa shape index (κ1) is 18.2. The van der Waals surface area contributed by atoms with Crippen LogP contribution in [0, 0.1) is 0 Å². The first-order chi connectivity index (χ1) is 13.5. The lowest BCUT2D eigenvalue weighted by atomic mass is 10.2. The van der Waals surface area contributed by atoms with Crippen molar-refractivity contribution in [1.82, 2.24) is 10.3 Å². The van der Waals surface area contributed by atoms with Crippen molar-refractivity contribution in [2.24, 2.45) is 0 Å². The zero-order valence-electron chi connectivity index (χ0n) is 14.5. The number of ether oxygens (including phenoxy) is 1. The Kier molecular flexibility index (Phi) is 4.84. The van der Waals surface area contributed by atoms with Gasteiger partial charge in [0.2, 0.25) is 0 Å². The van der Waals surface area contributed by atoms with Gasteiger partial charge >= 0.3 is 0 Å². The van der Waals surface area contributed by atoms with Gasteiger partial charge in [0.05, 0.1) is 12.0 Å². The van der Waals surface area contributed by atoms with Crippen molar-refractivity contribution < 1.29 is 18.7 Å². The van der Waals surface area contributed by atoms with Crippen LogP contribution in [0.25, 0.3) is 17.0 Å². The van der Waals surface area contributed by atoms with Crippen LogP contribution in [0.15, 0.2) is 52.0 Å². The topological polar surface area (TPSA) is 93.5 Å². The van der Waals surface area contributed by atoms with Crippen molar-refractivity contribution >= 4 is 62.8 Å². The van der Waals surface area contributed by atoms with Gasteiger partial charge in [-0.1, -0.05) is 24.0 Å². The number of pyridine rings is 1. The number of hydrogen-bond donors (Lipinski definition) is 2. The number of thiocarbonyl (C=S) groups is 1. The molecule has 4 rings (SSSR count). The predicted octanol–water partition coefficient (Wildman–Crippen LogP) is 3.58. The smallest absolute Gasteiger partial charge is 0.263 e. The standard InChI is InChI=1S/C19H13N3O4S2/c1-25-12-4-2-11(3-5-12)21-17(23)14-9-20-8-10-6-13(26-16(10)14)7-15-18(24)22-19(27)28-15/h2-9H,1H3,(H,21,23)(H,22,24,27). The molecule has 3 aromatic rings. The number of hydrogen-bond acceptors (Lipinski definition) is 7. The lowest BCUT2D eigenvalue weighted by Gasteiger charge is -2.06. The minimum Gasteiger partial charge on any atom is -0.497 e. The quantitative estimate of drug-likeness (QED) is 0.501. The van der Waals surface area contributed by atoms with E-state index in [0.29, 0.717) is 37.4 Å². The van der Waals surface area contributed by atoms with E-state index >= 15 is 0 Å². The maximum Gasteiger partial charge on any atom is 0.263 e.